The minimum atomic E-state index is -0.796. The van der Waals surface area contributed by atoms with Crippen LogP contribution in [0.2, 0.25) is 5.02 Å². The summed E-state index contributed by atoms with van der Waals surface area (Å²) in [6.07, 6.45) is 6.91. The lowest BCUT2D eigenvalue weighted by molar-refractivity contribution is -0.137. The molecule has 14 nitrogen and oxygen atoms in total. The first-order chi connectivity index (χ1) is 33.3. The zero-order valence-corrected chi connectivity index (χ0v) is 40.3. The fraction of sp³-hybridized carbons (Fsp3) is 0.412. The molecular formula is C51H54ClF2N7O7S. The Morgan fingerprint density at radius 3 is 2.54 bits per heavy atom. The van der Waals surface area contributed by atoms with Gasteiger partial charge in [0, 0.05) is 72.3 Å². The second-order valence-electron chi connectivity index (χ2n) is 18.0. The third-order valence-corrected chi connectivity index (χ3v) is 14.9. The van der Waals surface area contributed by atoms with E-state index in [0.717, 1.165) is 54.7 Å². The average Bonchev–Trinajstić information content (AvgIpc) is 3.89. The quantitative estimate of drug-likeness (QED) is 0.0690. The number of aromatic nitrogens is 1. The van der Waals surface area contributed by atoms with Crippen molar-refractivity contribution in [2.24, 2.45) is 0 Å². The lowest BCUT2D eigenvalue weighted by atomic mass is 9.96. The first-order valence-corrected chi connectivity index (χ1v) is 24.8. The number of carbonyl (C=O) groups excluding carboxylic acids is 5. The van der Waals surface area contributed by atoms with Crippen molar-refractivity contribution in [3.05, 3.63) is 98.3 Å². The number of benzene rings is 3. The molecule has 5 aromatic rings. The molecule has 2 N–H and O–H groups in total. The van der Waals surface area contributed by atoms with Crippen LogP contribution in [0.4, 0.5) is 20.2 Å². The molecule has 362 valence electrons. The van der Waals surface area contributed by atoms with Crippen molar-refractivity contribution in [3.8, 4) is 22.6 Å². The summed E-state index contributed by atoms with van der Waals surface area (Å²) in [5.74, 6) is -1.75. The fourth-order valence-electron chi connectivity index (χ4n) is 9.88. The molecule has 3 aromatic carbocycles. The van der Waals surface area contributed by atoms with E-state index >= 15 is 8.78 Å². The van der Waals surface area contributed by atoms with Gasteiger partial charge in [0.1, 0.15) is 41.5 Å². The van der Waals surface area contributed by atoms with Gasteiger partial charge in [-0.1, -0.05) is 56.0 Å². The Balaban J connectivity index is 0.727. The minimum Gasteiger partial charge on any atom is -0.493 e. The largest absolute Gasteiger partial charge is 0.493 e. The van der Waals surface area contributed by atoms with Crippen LogP contribution in [0.5, 0.6) is 11.5 Å². The van der Waals surface area contributed by atoms with Crippen LogP contribution in [0.25, 0.3) is 22.0 Å². The molecule has 4 aliphatic heterocycles. The molecule has 2 aromatic heterocycles. The molecule has 6 heterocycles. The highest BCUT2D eigenvalue weighted by molar-refractivity contribution is 7.10. The number of fused-ring (bicyclic) bond motifs is 6. The first-order valence-electron chi connectivity index (χ1n) is 23.6. The first kappa shape index (κ1) is 47.9. The number of ether oxygens (including phenoxy) is 2. The number of hydrogen-bond donors (Lipinski definition) is 2. The van der Waals surface area contributed by atoms with Crippen molar-refractivity contribution in [2.45, 2.75) is 103 Å². The van der Waals surface area contributed by atoms with E-state index < -0.39 is 29.6 Å². The van der Waals surface area contributed by atoms with Gasteiger partial charge in [0.05, 0.1) is 46.9 Å². The number of unbranched alkanes of at least 4 members (excludes halogenated alkanes) is 4. The zero-order valence-electron chi connectivity index (χ0n) is 38.7. The number of halogens is 3. The van der Waals surface area contributed by atoms with E-state index in [9.17, 15) is 24.0 Å². The summed E-state index contributed by atoms with van der Waals surface area (Å²) in [6, 6.07) is 12.3. The van der Waals surface area contributed by atoms with E-state index in [0.29, 0.717) is 73.8 Å². The second-order valence-corrected chi connectivity index (χ2v) is 19.4. The maximum Gasteiger partial charge on any atom is 0.256 e. The molecule has 0 spiro atoms. The molecule has 2 saturated heterocycles. The van der Waals surface area contributed by atoms with Crippen LogP contribution in [0, 0.1) is 11.6 Å². The van der Waals surface area contributed by atoms with Gasteiger partial charge in [-0.2, -0.15) is 0 Å². The number of nitrogens with one attached hydrogen (secondary N) is 2. The van der Waals surface area contributed by atoms with Crippen LogP contribution in [-0.2, 0) is 38.9 Å². The van der Waals surface area contributed by atoms with Crippen LogP contribution in [0.3, 0.4) is 0 Å². The molecular weight excluding hydrogens is 928 g/mol. The highest BCUT2D eigenvalue weighted by Crippen LogP contribution is 2.47. The Kier molecular flexibility index (Phi) is 14.2. The summed E-state index contributed by atoms with van der Waals surface area (Å²) in [5, 5.41) is 8.02. The number of nitrogens with zero attached hydrogens (tertiary/aromatic N) is 5. The van der Waals surface area contributed by atoms with Gasteiger partial charge in [-0.05, 0) is 68.6 Å². The molecule has 0 bridgehead atoms. The third-order valence-electron chi connectivity index (χ3n) is 13.6. The maximum atomic E-state index is 16.8. The monoisotopic (exact) mass is 981 g/mol. The minimum absolute atomic E-state index is 0.0142. The van der Waals surface area contributed by atoms with E-state index in [-0.39, 0.29) is 70.1 Å². The fourth-order valence-corrected chi connectivity index (χ4v) is 11.1. The topological polar surface area (TPSA) is 154 Å². The Morgan fingerprint density at radius 2 is 1.75 bits per heavy atom. The van der Waals surface area contributed by atoms with Gasteiger partial charge in [0.15, 0.2) is 5.82 Å². The van der Waals surface area contributed by atoms with Gasteiger partial charge in [-0.25, -0.2) is 8.78 Å². The van der Waals surface area contributed by atoms with Gasteiger partial charge in [-0.15, -0.1) is 11.3 Å². The molecule has 0 radical (unpaired) electrons. The van der Waals surface area contributed by atoms with E-state index in [1.807, 2.05) is 41.5 Å². The number of thiophene rings is 1. The van der Waals surface area contributed by atoms with Crippen LogP contribution < -0.4 is 29.9 Å². The van der Waals surface area contributed by atoms with Crippen LogP contribution >= 0.6 is 22.9 Å². The summed E-state index contributed by atoms with van der Waals surface area (Å²) in [5.41, 5.74) is 3.43. The van der Waals surface area contributed by atoms with Crippen molar-refractivity contribution >= 4 is 74.8 Å². The number of anilines is 2. The molecule has 4 aliphatic rings. The summed E-state index contributed by atoms with van der Waals surface area (Å²) in [6.45, 7) is 6.76. The van der Waals surface area contributed by atoms with Gasteiger partial charge >= 0.3 is 0 Å². The van der Waals surface area contributed by atoms with Crippen molar-refractivity contribution in [3.63, 3.8) is 0 Å². The Labute approximate surface area is 407 Å². The molecule has 0 aliphatic carbocycles. The average molecular weight is 983 g/mol. The van der Waals surface area contributed by atoms with E-state index in [2.05, 4.69) is 15.6 Å². The number of pyridine rings is 1. The van der Waals surface area contributed by atoms with Gasteiger partial charge in [-0.3, -0.25) is 34.3 Å². The SMILES string of the molecule is CCC(=O)N1C[C@@H]2C(=O)N(C)c3cnc4c(F)c(-c5c(F)cccc5OCCCCCCCNCc5ccc(OCc6scc7c6CN(C6CCC(=O)NC6=O)C7=O)cc5)c(Cl)cc4c3N2C[C@H]1C. The third kappa shape index (κ3) is 9.48. The number of amides is 5. The standard InChI is InChI=1S/C51H54ClF2N7O7S/c1-4-43(63)59-26-39-51(66)58(3)38-23-56-47-32(48(38)60(39)24-29(59)2)21-35(52)44(46(47)54)45-36(53)11-10-12-40(45)67-20-9-7-5-6-8-19-55-22-30-13-15-31(16-14-30)68-27-41-33-25-61(50(65)34(33)28-69-41)37-17-18-42(62)57-49(37)64/h10-16,21,23,28-29,37,39,55H,4-9,17-20,22,24-27H2,1-3H3,(H,57,62,64)/t29-,37?,39-/m1/s1. The highest BCUT2D eigenvalue weighted by Gasteiger charge is 2.45. The normalized spacial score (nSPS) is 19.0. The number of hydrogen-bond acceptors (Lipinski definition) is 11. The van der Waals surface area contributed by atoms with Crippen molar-refractivity contribution in [2.75, 3.05) is 43.1 Å². The predicted molar refractivity (Wildman–Crippen MR) is 260 cm³/mol. The summed E-state index contributed by atoms with van der Waals surface area (Å²) in [7, 11) is 1.64. The molecule has 2 fully saturated rings. The number of likely N-dealkylation sites (N-methyl/N-ethyl adjacent to an activating group) is 1. The Hall–Kier alpha value is -6.17. The Morgan fingerprint density at radius 1 is 0.971 bits per heavy atom. The molecule has 9 rings (SSSR count). The van der Waals surface area contributed by atoms with E-state index in [1.54, 1.807) is 35.9 Å². The summed E-state index contributed by atoms with van der Waals surface area (Å²) >= 11 is 8.34. The number of imide groups is 1. The van der Waals surface area contributed by atoms with Gasteiger partial charge < -0.3 is 34.4 Å². The summed E-state index contributed by atoms with van der Waals surface area (Å²) in [4.78, 5) is 75.4. The Bertz CT molecular complexity index is 2830. The number of rotatable bonds is 17. The van der Waals surface area contributed by atoms with Crippen LogP contribution in [0.1, 0.15) is 91.6 Å². The van der Waals surface area contributed by atoms with E-state index in [1.165, 1.54) is 34.6 Å². The van der Waals surface area contributed by atoms with Gasteiger partial charge in [0.2, 0.25) is 17.7 Å². The molecule has 18 heteroatoms. The van der Waals surface area contributed by atoms with Crippen LogP contribution in [-0.4, -0.2) is 95.7 Å². The molecule has 0 saturated carbocycles. The second kappa shape index (κ2) is 20.4. The smallest absolute Gasteiger partial charge is 0.256 e. The maximum absolute atomic E-state index is 16.8. The highest BCUT2D eigenvalue weighted by atomic mass is 35.5. The number of piperidine rings is 1. The molecule has 3 atom stereocenters. The molecule has 5 amide bonds. The zero-order chi connectivity index (χ0) is 48.5. The van der Waals surface area contributed by atoms with Crippen molar-refractivity contribution in [1.29, 1.82) is 0 Å². The lowest BCUT2D eigenvalue weighted by Crippen LogP contribution is -2.65. The number of carbonyl (C=O) groups is 5. The number of piperazine rings is 1. The molecule has 69 heavy (non-hydrogen) atoms. The van der Waals surface area contributed by atoms with Crippen LogP contribution in [0.15, 0.2) is 60.1 Å². The molecule has 1 unspecified atom stereocenters. The van der Waals surface area contributed by atoms with Crippen molar-refractivity contribution < 1.29 is 42.2 Å². The van der Waals surface area contributed by atoms with E-state index in [4.69, 9.17) is 21.1 Å². The predicted octanol–water partition coefficient (Wildman–Crippen LogP) is 8.15. The van der Waals surface area contributed by atoms with Gasteiger partial charge in [0.25, 0.3) is 11.8 Å². The lowest BCUT2D eigenvalue weighted by Gasteiger charge is -2.50. The summed E-state index contributed by atoms with van der Waals surface area (Å²) < 4.78 is 44.7. The van der Waals surface area contributed by atoms with Crippen molar-refractivity contribution in [1.82, 2.24) is 25.4 Å².